The maximum atomic E-state index is 12.0. The summed E-state index contributed by atoms with van der Waals surface area (Å²) in [6.45, 7) is 6.03. The number of pyridine rings is 1. The fraction of sp³-hybridized carbons (Fsp3) is 0.625. The van der Waals surface area contributed by atoms with E-state index in [1.165, 1.54) is 0 Å². The highest BCUT2D eigenvalue weighted by Crippen LogP contribution is 2.12. The molecule has 0 unspecified atom stereocenters. The Kier molecular flexibility index (Phi) is 7.70. The zero-order valence-electron chi connectivity index (χ0n) is 13.0. The molecule has 1 N–H and O–H groups in total. The fourth-order valence-corrected chi connectivity index (χ4v) is 1.96. The molecular formula is C16H27N3O. The first kappa shape index (κ1) is 16.5. The van der Waals surface area contributed by atoms with Gasteiger partial charge in [-0.1, -0.05) is 33.1 Å². The lowest BCUT2D eigenvalue weighted by Crippen LogP contribution is -2.25. The molecule has 4 nitrogen and oxygen atoms in total. The molecule has 1 heterocycles. The van der Waals surface area contributed by atoms with E-state index in [1.807, 2.05) is 13.1 Å². The van der Waals surface area contributed by atoms with Crippen molar-refractivity contribution in [2.45, 2.75) is 46.0 Å². The summed E-state index contributed by atoms with van der Waals surface area (Å²) in [5.41, 5.74) is 0.690. The van der Waals surface area contributed by atoms with Crippen LogP contribution in [0.1, 0.15) is 56.3 Å². The quantitative estimate of drug-likeness (QED) is 0.705. The highest BCUT2D eigenvalue weighted by Gasteiger charge is 2.08. The molecule has 1 aromatic rings. The second kappa shape index (κ2) is 9.34. The maximum Gasteiger partial charge on any atom is 0.251 e. The molecule has 0 spiro atoms. The third-order valence-electron chi connectivity index (χ3n) is 3.31. The molecule has 0 radical (unpaired) electrons. The zero-order valence-corrected chi connectivity index (χ0v) is 13.0. The van der Waals surface area contributed by atoms with Gasteiger partial charge in [0.2, 0.25) is 0 Å². The van der Waals surface area contributed by atoms with Crippen molar-refractivity contribution in [3.63, 3.8) is 0 Å². The van der Waals surface area contributed by atoms with Crippen molar-refractivity contribution in [3.8, 4) is 0 Å². The Morgan fingerprint density at radius 1 is 1.25 bits per heavy atom. The molecule has 4 heteroatoms. The van der Waals surface area contributed by atoms with Gasteiger partial charge in [-0.3, -0.25) is 4.79 Å². The third kappa shape index (κ3) is 5.59. The van der Waals surface area contributed by atoms with E-state index in [4.69, 9.17) is 0 Å². The van der Waals surface area contributed by atoms with Gasteiger partial charge >= 0.3 is 0 Å². The molecule has 0 aliphatic rings. The van der Waals surface area contributed by atoms with Gasteiger partial charge in [-0.15, -0.1) is 0 Å². The number of hydrogen-bond donors (Lipinski definition) is 1. The number of carbonyl (C=O) groups excluding carboxylic acids is 1. The number of unbranched alkanes of at least 4 members (excludes halogenated alkanes) is 3. The van der Waals surface area contributed by atoms with Crippen molar-refractivity contribution in [1.29, 1.82) is 0 Å². The van der Waals surface area contributed by atoms with Gasteiger partial charge in [0, 0.05) is 31.9 Å². The standard InChI is InChI=1S/C16H27N3O/c1-4-6-8-10-18-16(20)14-9-11-17-15(13-14)19(3)12-7-5-2/h9,11,13H,4-8,10,12H2,1-3H3,(H,18,20). The zero-order chi connectivity index (χ0) is 14.8. The van der Waals surface area contributed by atoms with E-state index in [-0.39, 0.29) is 5.91 Å². The molecule has 0 saturated carbocycles. The molecular weight excluding hydrogens is 250 g/mol. The lowest BCUT2D eigenvalue weighted by atomic mass is 10.2. The average molecular weight is 277 g/mol. The van der Waals surface area contributed by atoms with Crippen molar-refractivity contribution in [2.24, 2.45) is 0 Å². The first-order valence-electron chi connectivity index (χ1n) is 7.64. The predicted octanol–water partition coefficient (Wildman–Crippen LogP) is 3.24. The second-order valence-electron chi connectivity index (χ2n) is 5.14. The van der Waals surface area contributed by atoms with Crippen LogP contribution in [0.3, 0.4) is 0 Å². The predicted molar refractivity (Wildman–Crippen MR) is 84.3 cm³/mol. The van der Waals surface area contributed by atoms with Crippen molar-refractivity contribution in [1.82, 2.24) is 10.3 Å². The molecule has 0 aliphatic heterocycles. The summed E-state index contributed by atoms with van der Waals surface area (Å²) in [5, 5.41) is 2.96. The van der Waals surface area contributed by atoms with Gasteiger partial charge in [0.05, 0.1) is 0 Å². The number of nitrogens with one attached hydrogen (secondary N) is 1. The van der Waals surface area contributed by atoms with Crippen LogP contribution in [0.15, 0.2) is 18.3 Å². The molecule has 0 fully saturated rings. The normalized spacial score (nSPS) is 10.3. The van der Waals surface area contributed by atoms with Crippen LogP contribution in [-0.4, -0.2) is 31.0 Å². The van der Waals surface area contributed by atoms with Crippen LogP contribution in [0, 0.1) is 0 Å². The van der Waals surface area contributed by atoms with E-state index in [9.17, 15) is 4.79 Å². The topological polar surface area (TPSA) is 45.2 Å². The van der Waals surface area contributed by atoms with E-state index in [2.05, 4.69) is 29.0 Å². The second-order valence-corrected chi connectivity index (χ2v) is 5.14. The average Bonchev–Trinajstić information content (AvgIpc) is 2.49. The van der Waals surface area contributed by atoms with Gasteiger partial charge < -0.3 is 10.2 Å². The van der Waals surface area contributed by atoms with E-state index in [1.54, 1.807) is 12.3 Å². The lowest BCUT2D eigenvalue weighted by molar-refractivity contribution is 0.0953. The van der Waals surface area contributed by atoms with Gasteiger partial charge in [0.25, 0.3) is 5.91 Å². The SMILES string of the molecule is CCCCCNC(=O)c1ccnc(N(C)CCCC)c1. The van der Waals surface area contributed by atoms with E-state index in [0.717, 1.165) is 51.0 Å². The van der Waals surface area contributed by atoms with Gasteiger partial charge in [-0.25, -0.2) is 4.98 Å². The molecule has 0 aliphatic carbocycles. The molecule has 0 bridgehead atoms. The molecule has 20 heavy (non-hydrogen) atoms. The Labute approximate surface area is 122 Å². The Morgan fingerprint density at radius 3 is 2.70 bits per heavy atom. The van der Waals surface area contributed by atoms with Crippen LogP contribution in [0.25, 0.3) is 0 Å². The minimum Gasteiger partial charge on any atom is -0.360 e. The highest BCUT2D eigenvalue weighted by atomic mass is 16.1. The molecule has 0 atom stereocenters. The Hall–Kier alpha value is -1.58. The van der Waals surface area contributed by atoms with Gasteiger partial charge in [0.1, 0.15) is 5.82 Å². The van der Waals surface area contributed by atoms with Crippen LogP contribution in [0.2, 0.25) is 0 Å². The van der Waals surface area contributed by atoms with Crippen LogP contribution < -0.4 is 10.2 Å². The van der Waals surface area contributed by atoms with Crippen LogP contribution >= 0.6 is 0 Å². The smallest absolute Gasteiger partial charge is 0.251 e. The largest absolute Gasteiger partial charge is 0.360 e. The number of amides is 1. The molecule has 1 amide bonds. The first-order chi connectivity index (χ1) is 9.69. The van der Waals surface area contributed by atoms with E-state index < -0.39 is 0 Å². The van der Waals surface area contributed by atoms with Crippen LogP contribution in [0.4, 0.5) is 5.82 Å². The Bertz CT molecular complexity index is 406. The van der Waals surface area contributed by atoms with Crippen molar-refractivity contribution in [2.75, 3.05) is 25.0 Å². The monoisotopic (exact) mass is 277 g/mol. The summed E-state index contributed by atoms with van der Waals surface area (Å²) < 4.78 is 0. The lowest BCUT2D eigenvalue weighted by Gasteiger charge is -2.18. The summed E-state index contributed by atoms with van der Waals surface area (Å²) in [4.78, 5) is 18.5. The number of anilines is 1. The molecule has 112 valence electrons. The van der Waals surface area contributed by atoms with E-state index in [0.29, 0.717) is 5.56 Å². The number of nitrogens with zero attached hydrogens (tertiary/aromatic N) is 2. The molecule has 0 saturated heterocycles. The van der Waals surface area contributed by atoms with Crippen molar-refractivity contribution >= 4 is 11.7 Å². The Morgan fingerprint density at radius 2 is 2.00 bits per heavy atom. The highest BCUT2D eigenvalue weighted by molar-refractivity contribution is 5.94. The summed E-state index contributed by atoms with van der Waals surface area (Å²) in [6, 6.07) is 3.64. The number of hydrogen-bond acceptors (Lipinski definition) is 3. The van der Waals surface area contributed by atoms with Gasteiger partial charge in [0.15, 0.2) is 0 Å². The number of aromatic nitrogens is 1. The first-order valence-corrected chi connectivity index (χ1v) is 7.64. The van der Waals surface area contributed by atoms with Gasteiger partial charge in [-0.05, 0) is 25.0 Å². The van der Waals surface area contributed by atoms with E-state index >= 15 is 0 Å². The maximum absolute atomic E-state index is 12.0. The molecule has 1 rings (SSSR count). The summed E-state index contributed by atoms with van der Waals surface area (Å²) in [5.74, 6) is 0.855. The Balaban J connectivity index is 2.55. The minimum atomic E-state index is -0.00588. The third-order valence-corrected chi connectivity index (χ3v) is 3.31. The number of rotatable bonds is 9. The van der Waals surface area contributed by atoms with Gasteiger partial charge in [-0.2, -0.15) is 0 Å². The summed E-state index contributed by atoms with van der Waals surface area (Å²) in [6.07, 6.45) is 7.35. The van der Waals surface area contributed by atoms with Crippen molar-refractivity contribution in [3.05, 3.63) is 23.9 Å². The summed E-state index contributed by atoms with van der Waals surface area (Å²) >= 11 is 0. The minimum absolute atomic E-state index is 0.00588. The molecule has 1 aromatic heterocycles. The van der Waals surface area contributed by atoms with Crippen LogP contribution in [0.5, 0.6) is 0 Å². The number of carbonyl (C=O) groups is 1. The van der Waals surface area contributed by atoms with Crippen molar-refractivity contribution < 1.29 is 4.79 Å². The molecule has 0 aromatic carbocycles. The summed E-state index contributed by atoms with van der Waals surface area (Å²) in [7, 11) is 2.01. The van der Waals surface area contributed by atoms with Crippen LogP contribution in [-0.2, 0) is 0 Å². The fourth-order valence-electron chi connectivity index (χ4n) is 1.96.